The van der Waals surface area contributed by atoms with E-state index < -0.39 is 5.82 Å². The number of hydrogen-bond acceptors (Lipinski definition) is 3. The van der Waals surface area contributed by atoms with E-state index in [-0.39, 0.29) is 27.4 Å². The Balaban J connectivity index is 1.56. The molecule has 1 heterocycles. The lowest BCUT2D eigenvalue weighted by atomic mass is 10.1. The molecule has 0 unspecified atom stereocenters. The summed E-state index contributed by atoms with van der Waals surface area (Å²) in [5, 5.41) is -0.0101. The fourth-order valence-electron chi connectivity index (χ4n) is 3.43. The van der Waals surface area contributed by atoms with Crippen LogP contribution in [0, 0.1) is 5.82 Å². The molecule has 160 valence electrons. The summed E-state index contributed by atoms with van der Waals surface area (Å²) in [4.78, 5) is 28.8. The minimum Gasteiger partial charge on any atom is -0.497 e. The Kier molecular flexibility index (Phi) is 7.56. The Morgan fingerprint density at radius 3 is 2.37 bits per heavy atom. The lowest BCUT2D eigenvalue weighted by Crippen LogP contribution is -2.37. The van der Waals surface area contributed by atoms with Crippen molar-refractivity contribution in [1.82, 2.24) is 9.80 Å². The number of benzene rings is 2. The zero-order chi connectivity index (χ0) is 21.7. The van der Waals surface area contributed by atoms with Crippen LogP contribution in [0.2, 0.25) is 10.0 Å². The van der Waals surface area contributed by atoms with Crippen molar-refractivity contribution in [1.29, 1.82) is 0 Å². The topological polar surface area (TPSA) is 49.9 Å². The zero-order valence-corrected chi connectivity index (χ0v) is 18.2. The Morgan fingerprint density at radius 1 is 1.00 bits per heavy atom. The fourth-order valence-corrected chi connectivity index (χ4v) is 3.89. The van der Waals surface area contributed by atoms with Crippen molar-refractivity contribution in [3.8, 4) is 5.75 Å². The first-order valence-electron chi connectivity index (χ1n) is 9.73. The Labute approximate surface area is 185 Å². The maximum Gasteiger partial charge on any atom is 0.255 e. The van der Waals surface area contributed by atoms with Crippen LogP contribution in [0.3, 0.4) is 0 Å². The molecule has 1 aliphatic rings. The summed E-state index contributed by atoms with van der Waals surface area (Å²) < 4.78 is 18.9. The van der Waals surface area contributed by atoms with E-state index in [0.29, 0.717) is 45.4 Å². The third-order valence-corrected chi connectivity index (χ3v) is 5.77. The van der Waals surface area contributed by atoms with Gasteiger partial charge in [-0.3, -0.25) is 9.59 Å². The molecule has 8 heteroatoms. The molecule has 0 atom stereocenters. The number of carbonyl (C=O) groups excluding carboxylic acids is 2. The summed E-state index contributed by atoms with van der Waals surface area (Å²) in [7, 11) is 1.61. The second kappa shape index (κ2) is 10.1. The van der Waals surface area contributed by atoms with Crippen LogP contribution in [0.4, 0.5) is 4.39 Å². The smallest absolute Gasteiger partial charge is 0.255 e. The van der Waals surface area contributed by atoms with Gasteiger partial charge in [0, 0.05) is 32.6 Å². The van der Waals surface area contributed by atoms with Crippen LogP contribution in [-0.4, -0.2) is 54.9 Å². The van der Waals surface area contributed by atoms with E-state index in [4.69, 9.17) is 27.9 Å². The van der Waals surface area contributed by atoms with Gasteiger partial charge in [0.05, 0.1) is 22.7 Å². The summed E-state index contributed by atoms with van der Waals surface area (Å²) in [6, 6.07) is 9.95. The van der Waals surface area contributed by atoms with E-state index in [1.807, 2.05) is 24.3 Å². The minimum absolute atomic E-state index is 0.0516. The van der Waals surface area contributed by atoms with E-state index >= 15 is 0 Å². The zero-order valence-electron chi connectivity index (χ0n) is 16.7. The maximum absolute atomic E-state index is 13.8. The highest BCUT2D eigenvalue weighted by atomic mass is 35.5. The predicted molar refractivity (Wildman–Crippen MR) is 115 cm³/mol. The van der Waals surface area contributed by atoms with Gasteiger partial charge in [0.1, 0.15) is 11.6 Å². The van der Waals surface area contributed by atoms with Crippen LogP contribution in [0.1, 0.15) is 28.8 Å². The Hall–Kier alpha value is -2.31. The van der Waals surface area contributed by atoms with Gasteiger partial charge in [-0.2, -0.15) is 0 Å². The molecule has 5 nitrogen and oxygen atoms in total. The summed E-state index contributed by atoms with van der Waals surface area (Å²) in [5.74, 6) is -0.212. The number of hydrogen-bond donors (Lipinski definition) is 0. The van der Waals surface area contributed by atoms with Gasteiger partial charge in [-0.25, -0.2) is 4.39 Å². The molecule has 0 N–H and O–H groups in total. The molecular weight excluding hydrogens is 430 g/mol. The molecule has 0 spiro atoms. The number of halogens is 3. The summed E-state index contributed by atoms with van der Waals surface area (Å²) in [6.07, 6.45) is 1.68. The second-order valence-electron chi connectivity index (χ2n) is 7.12. The molecule has 0 saturated carbocycles. The van der Waals surface area contributed by atoms with Crippen molar-refractivity contribution in [3.05, 3.63) is 63.4 Å². The molecule has 0 aliphatic carbocycles. The first-order valence-corrected chi connectivity index (χ1v) is 10.5. The van der Waals surface area contributed by atoms with Crippen LogP contribution in [0.5, 0.6) is 5.75 Å². The monoisotopic (exact) mass is 452 g/mol. The molecule has 0 aromatic heterocycles. The van der Waals surface area contributed by atoms with Gasteiger partial charge in [-0.1, -0.05) is 35.3 Å². The standard InChI is InChI=1S/C22H23Cl2FN2O3/c1-30-16-6-3-15(4-7-16)5-8-21(28)26-9-2-10-27(12-11-26)22(29)17-13-20(25)19(24)14-18(17)23/h3-4,6-7,13-14H,2,5,8-12H2,1H3. The van der Waals surface area contributed by atoms with Gasteiger partial charge in [0.2, 0.25) is 5.91 Å². The highest BCUT2D eigenvalue weighted by Gasteiger charge is 2.24. The molecule has 3 rings (SSSR count). The molecule has 2 aromatic rings. The Morgan fingerprint density at radius 2 is 1.67 bits per heavy atom. The quantitative estimate of drug-likeness (QED) is 0.629. The molecule has 1 saturated heterocycles. The van der Waals surface area contributed by atoms with Crippen LogP contribution in [0.15, 0.2) is 36.4 Å². The number of amides is 2. The van der Waals surface area contributed by atoms with Crippen molar-refractivity contribution in [2.75, 3.05) is 33.3 Å². The van der Waals surface area contributed by atoms with E-state index in [9.17, 15) is 14.0 Å². The molecule has 0 bridgehead atoms. The number of methoxy groups -OCH3 is 1. The van der Waals surface area contributed by atoms with E-state index in [1.54, 1.807) is 16.9 Å². The van der Waals surface area contributed by atoms with Crippen LogP contribution in [0.25, 0.3) is 0 Å². The van der Waals surface area contributed by atoms with Crippen molar-refractivity contribution in [3.63, 3.8) is 0 Å². The number of nitrogens with zero attached hydrogens (tertiary/aromatic N) is 2. The molecule has 1 aliphatic heterocycles. The molecule has 0 radical (unpaired) electrons. The molecule has 2 aromatic carbocycles. The van der Waals surface area contributed by atoms with Crippen molar-refractivity contribution in [2.24, 2.45) is 0 Å². The highest BCUT2D eigenvalue weighted by Crippen LogP contribution is 2.26. The molecular formula is C22H23Cl2FN2O3. The molecule has 2 amide bonds. The first-order chi connectivity index (χ1) is 14.4. The lowest BCUT2D eigenvalue weighted by molar-refractivity contribution is -0.131. The van der Waals surface area contributed by atoms with Crippen LogP contribution >= 0.6 is 23.2 Å². The largest absolute Gasteiger partial charge is 0.497 e. The first kappa shape index (κ1) is 22.4. The van der Waals surface area contributed by atoms with Gasteiger partial charge in [-0.05, 0) is 42.7 Å². The van der Waals surface area contributed by atoms with Gasteiger partial charge in [-0.15, -0.1) is 0 Å². The van der Waals surface area contributed by atoms with Gasteiger partial charge >= 0.3 is 0 Å². The summed E-state index contributed by atoms with van der Waals surface area (Å²) >= 11 is 11.8. The molecule has 30 heavy (non-hydrogen) atoms. The highest BCUT2D eigenvalue weighted by molar-refractivity contribution is 6.36. The average molecular weight is 453 g/mol. The third-order valence-electron chi connectivity index (χ3n) is 5.16. The molecule has 1 fully saturated rings. The third kappa shape index (κ3) is 5.43. The van der Waals surface area contributed by atoms with Gasteiger partial charge < -0.3 is 14.5 Å². The van der Waals surface area contributed by atoms with Crippen LogP contribution < -0.4 is 4.74 Å². The minimum atomic E-state index is -0.686. The predicted octanol–water partition coefficient (Wildman–Crippen LogP) is 4.45. The lowest BCUT2D eigenvalue weighted by Gasteiger charge is -2.23. The van der Waals surface area contributed by atoms with Crippen molar-refractivity contribution < 1.29 is 18.7 Å². The average Bonchev–Trinajstić information content (AvgIpc) is 3.01. The van der Waals surface area contributed by atoms with Gasteiger partial charge in [0.15, 0.2) is 0 Å². The number of ether oxygens (including phenoxy) is 1. The number of carbonyl (C=O) groups is 2. The van der Waals surface area contributed by atoms with Crippen molar-refractivity contribution >= 4 is 35.0 Å². The SMILES string of the molecule is COc1ccc(CCC(=O)N2CCCN(C(=O)c3cc(F)c(Cl)cc3Cl)CC2)cc1. The van der Waals surface area contributed by atoms with E-state index in [0.717, 1.165) is 17.4 Å². The number of rotatable bonds is 5. The van der Waals surface area contributed by atoms with E-state index in [2.05, 4.69) is 0 Å². The summed E-state index contributed by atoms with van der Waals surface area (Å²) in [6.45, 7) is 1.85. The Bertz CT molecular complexity index is 921. The number of aryl methyl sites for hydroxylation is 1. The van der Waals surface area contributed by atoms with Crippen molar-refractivity contribution in [2.45, 2.75) is 19.3 Å². The van der Waals surface area contributed by atoms with E-state index in [1.165, 1.54) is 6.07 Å². The van der Waals surface area contributed by atoms with Gasteiger partial charge in [0.25, 0.3) is 5.91 Å². The van der Waals surface area contributed by atoms with Crippen LogP contribution in [-0.2, 0) is 11.2 Å². The fraction of sp³-hybridized carbons (Fsp3) is 0.364. The normalized spacial score (nSPS) is 14.4. The second-order valence-corrected chi connectivity index (χ2v) is 7.94. The maximum atomic E-state index is 13.8. The summed E-state index contributed by atoms with van der Waals surface area (Å²) in [5.41, 5.74) is 1.15.